The molecule has 0 N–H and O–H groups in total. The van der Waals surface area contributed by atoms with E-state index in [1.807, 2.05) is 0 Å². The van der Waals surface area contributed by atoms with Crippen LogP contribution in [0.2, 0.25) is 0 Å². The zero-order valence-electron chi connectivity index (χ0n) is 7.87. The van der Waals surface area contributed by atoms with Crippen LogP contribution >= 0.6 is 15.9 Å². The average molecular weight is 275 g/mol. The minimum Gasteiger partial charge on any atom is -0.365 e. The van der Waals surface area contributed by atoms with Gasteiger partial charge in [0.15, 0.2) is 0 Å². The van der Waals surface area contributed by atoms with Gasteiger partial charge in [-0.1, -0.05) is 35.2 Å². The number of alkyl halides is 4. The lowest BCUT2D eigenvalue weighted by molar-refractivity contribution is -0.206. The van der Waals surface area contributed by atoms with Crippen LogP contribution in [0.25, 0.3) is 0 Å². The Kier molecular flexibility index (Phi) is 4.25. The Hall–Kier alpha value is 0.230. The lowest BCUT2D eigenvalue weighted by atomic mass is 9.86. The van der Waals surface area contributed by atoms with Crippen LogP contribution in [0.3, 0.4) is 0 Å². The molecule has 0 unspecified atom stereocenters. The first kappa shape index (κ1) is 12.3. The van der Waals surface area contributed by atoms with Crippen molar-refractivity contribution in [3.63, 3.8) is 0 Å². The molecule has 14 heavy (non-hydrogen) atoms. The van der Waals surface area contributed by atoms with E-state index in [2.05, 4.69) is 15.9 Å². The van der Waals surface area contributed by atoms with E-state index in [4.69, 9.17) is 4.74 Å². The van der Waals surface area contributed by atoms with Crippen molar-refractivity contribution >= 4 is 15.9 Å². The molecule has 0 atom stereocenters. The lowest BCUT2D eigenvalue weighted by Gasteiger charge is -2.35. The van der Waals surface area contributed by atoms with E-state index in [1.165, 1.54) is 0 Å². The van der Waals surface area contributed by atoms with Crippen LogP contribution < -0.4 is 0 Å². The summed E-state index contributed by atoms with van der Waals surface area (Å²) in [6.45, 7) is -1.13. The Bertz CT molecular complexity index is 175. The number of hydrogen-bond acceptors (Lipinski definition) is 1. The first-order valence-corrected chi connectivity index (χ1v) is 5.86. The predicted molar refractivity (Wildman–Crippen MR) is 51.6 cm³/mol. The second-order valence-corrected chi connectivity index (χ2v) is 4.34. The minimum absolute atomic E-state index is 0.496. The summed E-state index contributed by atoms with van der Waals surface area (Å²) in [5.41, 5.74) is -0.576. The van der Waals surface area contributed by atoms with Crippen LogP contribution in [0.1, 0.15) is 32.1 Å². The van der Waals surface area contributed by atoms with E-state index in [9.17, 15) is 13.2 Å². The second-order valence-electron chi connectivity index (χ2n) is 3.78. The fourth-order valence-corrected chi connectivity index (χ4v) is 2.47. The molecule has 1 aliphatic carbocycles. The molecule has 1 nitrogen and oxygen atoms in total. The molecule has 0 heterocycles. The van der Waals surface area contributed by atoms with Gasteiger partial charge in [-0.15, -0.1) is 0 Å². The highest BCUT2D eigenvalue weighted by molar-refractivity contribution is 9.09. The van der Waals surface area contributed by atoms with Gasteiger partial charge < -0.3 is 4.74 Å². The molecule has 1 rings (SSSR count). The molecule has 0 bridgehead atoms. The Morgan fingerprint density at radius 1 is 1.14 bits per heavy atom. The molecule has 1 aliphatic rings. The van der Waals surface area contributed by atoms with Crippen molar-refractivity contribution < 1.29 is 17.9 Å². The zero-order valence-corrected chi connectivity index (χ0v) is 9.46. The van der Waals surface area contributed by atoms with Crippen molar-refractivity contribution in [1.29, 1.82) is 0 Å². The van der Waals surface area contributed by atoms with Crippen molar-refractivity contribution in [3.05, 3.63) is 0 Å². The molecule has 0 spiro atoms. The Balaban J connectivity index is 2.44. The largest absolute Gasteiger partial charge is 0.411 e. The second kappa shape index (κ2) is 4.84. The molecule has 0 aromatic rings. The number of rotatable bonds is 3. The SMILES string of the molecule is FC(F)(F)COC1(CBr)CCCCC1. The summed E-state index contributed by atoms with van der Waals surface area (Å²) >= 11 is 3.24. The zero-order chi connectivity index (χ0) is 10.7. The van der Waals surface area contributed by atoms with Gasteiger partial charge >= 0.3 is 6.18 Å². The smallest absolute Gasteiger partial charge is 0.365 e. The molecule has 84 valence electrons. The van der Waals surface area contributed by atoms with Crippen LogP contribution in [-0.2, 0) is 4.74 Å². The third-order valence-corrected chi connectivity index (χ3v) is 3.57. The van der Waals surface area contributed by atoms with Crippen LogP contribution in [0.5, 0.6) is 0 Å². The van der Waals surface area contributed by atoms with Crippen molar-refractivity contribution in [1.82, 2.24) is 0 Å². The Morgan fingerprint density at radius 3 is 2.14 bits per heavy atom. The fourth-order valence-electron chi connectivity index (χ4n) is 1.75. The van der Waals surface area contributed by atoms with Gasteiger partial charge in [0.1, 0.15) is 6.61 Å². The van der Waals surface area contributed by atoms with Crippen molar-refractivity contribution in [2.24, 2.45) is 0 Å². The Labute approximate surface area is 90.1 Å². The van der Waals surface area contributed by atoms with Gasteiger partial charge in [0, 0.05) is 5.33 Å². The van der Waals surface area contributed by atoms with Crippen molar-refractivity contribution in [2.45, 2.75) is 43.9 Å². The fraction of sp³-hybridized carbons (Fsp3) is 1.00. The van der Waals surface area contributed by atoms with Gasteiger partial charge in [-0.3, -0.25) is 0 Å². The Morgan fingerprint density at radius 2 is 1.71 bits per heavy atom. The van der Waals surface area contributed by atoms with E-state index in [-0.39, 0.29) is 0 Å². The summed E-state index contributed by atoms with van der Waals surface area (Å²) in [4.78, 5) is 0. The average Bonchev–Trinajstić information content (AvgIpc) is 2.15. The first-order chi connectivity index (χ1) is 6.47. The van der Waals surface area contributed by atoms with Crippen LogP contribution in [0, 0.1) is 0 Å². The molecule has 0 amide bonds. The lowest BCUT2D eigenvalue weighted by Crippen LogP contribution is -2.39. The number of hydrogen-bond donors (Lipinski definition) is 0. The molecular formula is C9H14BrF3O. The van der Waals surface area contributed by atoms with E-state index >= 15 is 0 Å². The first-order valence-electron chi connectivity index (χ1n) is 4.74. The normalized spacial score (nSPS) is 22.3. The third kappa shape index (κ3) is 3.77. The van der Waals surface area contributed by atoms with Gasteiger partial charge in [0.25, 0.3) is 0 Å². The molecular weight excluding hydrogens is 261 g/mol. The van der Waals surface area contributed by atoms with Crippen LogP contribution in [0.15, 0.2) is 0 Å². The number of halogens is 4. The van der Waals surface area contributed by atoms with Crippen molar-refractivity contribution in [3.8, 4) is 0 Å². The van der Waals surface area contributed by atoms with E-state index < -0.39 is 18.4 Å². The maximum absolute atomic E-state index is 12.0. The summed E-state index contributed by atoms with van der Waals surface area (Å²) in [5, 5.41) is 0.496. The molecule has 0 aromatic carbocycles. The maximum atomic E-state index is 12.0. The summed E-state index contributed by atoms with van der Waals surface area (Å²) in [7, 11) is 0. The number of ether oxygens (including phenoxy) is 1. The highest BCUT2D eigenvalue weighted by Gasteiger charge is 2.37. The van der Waals surface area contributed by atoms with Crippen LogP contribution in [-0.4, -0.2) is 23.7 Å². The maximum Gasteiger partial charge on any atom is 0.411 e. The summed E-state index contributed by atoms with van der Waals surface area (Å²) in [6.07, 6.45) is 0.270. The molecule has 0 saturated heterocycles. The summed E-state index contributed by atoms with van der Waals surface area (Å²) in [6, 6.07) is 0. The van der Waals surface area contributed by atoms with E-state index in [0.717, 1.165) is 32.1 Å². The van der Waals surface area contributed by atoms with E-state index in [1.54, 1.807) is 0 Å². The summed E-state index contributed by atoms with van der Waals surface area (Å²) < 4.78 is 40.9. The van der Waals surface area contributed by atoms with Gasteiger partial charge in [-0.25, -0.2) is 0 Å². The van der Waals surface area contributed by atoms with Gasteiger partial charge in [-0.05, 0) is 12.8 Å². The molecule has 0 aromatic heterocycles. The molecule has 0 aliphatic heterocycles. The monoisotopic (exact) mass is 274 g/mol. The molecule has 1 fully saturated rings. The van der Waals surface area contributed by atoms with Crippen LogP contribution in [0.4, 0.5) is 13.2 Å². The van der Waals surface area contributed by atoms with E-state index in [0.29, 0.717) is 5.33 Å². The highest BCUT2D eigenvalue weighted by atomic mass is 79.9. The standard InChI is InChI=1S/C9H14BrF3O/c10-6-8(4-2-1-3-5-8)14-7-9(11,12)13/h1-7H2. The highest BCUT2D eigenvalue weighted by Crippen LogP contribution is 2.34. The molecule has 1 saturated carbocycles. The van der Waals surface area contributed by atoms with Gasteiger partial charge in [0.05, 0.1) is 5.60 Å². The topological polar surface area (TPSA) is 9.23 Å². The van der Waals surface area contributed by atoms with Crippen molar-refractivity contribution in [2.75, 3.05) is 11.9 Å². The minimum atomic E-state index is -4.22. The predicted octanol–water partition coefficient (Wildman–Crippen LogP) is 3.66. The quantitative estimate of drug-likeness (QED) is 0.714. The molecule has 0 radical (unpaired) electrons. The van der Waals surface area contributed by atoms with Gasteiger partial charge in [-0.2, -0.15) is 13.2 Å². The molecule has 5 heteroatoms. The summed E-state index contributed by atoms with van der Waals surface area (Å²) in [5.74, 6) is 0. The van der Waals surface area contributed by atoms with Gasteiger partial charge in [0.2, 0.25) is 0 Å². The third-order valence-electron chi connectivity index (χ3n) is 2.55.